The molecule has 0 saturated heterocycles. The number of allylic oxidation sites excluding steroid dienone is 4. The van der Waals surface area contributed by atoms with Crippen molar-refractivity contribution in [3.63, 3.8) is 0 Å². The van der Waals surface area contributed by atoms with Gasteiger partial charge in [-0.15, -0.1) is 0 Å². The van der Waals surface area contributed by atoms with Crippen LogP contribution in [0, 0.1) is 13.8 Å². The summed E-state index contributed by atoms with van der Waals surface area (Å²) in [6.07, 6.45) is 3.26. The molecule has 0 spiro atoms. The molecular weight excluding hydrogens is 496 g/mol. The van der Waals surface area contributed by atoms with Crippen LogP contribution in [0.2, 0.25) is 0 Å². The molecular formula is C34H38N4O2. The van der Waals surface area contributed by atoms with E-state index >= 15 is 0 Å². The summed E-state index contributed by atoms with van der Waals surface area (Å²) in [5.41, 5.74) is 18.6. The van der Waals surface area contributed by atoms with Crippen molar-refractivity contribution in [1.82, 2.24) is 19.9 Å². The predicted molar refractivity (Wildman–Crippen MR) is 164 cm³/mol. The molecule has 40 heavy (non-hydrogen) atoms. The number of nitrogens with one attached hydrogen (secondary N) is 2. The Labute approximate surface area is 235 Å². The molecule has 2 aliphatic heterocycles. The van der Waals surface area contributed by atoms with Crippen molar-refractivity contribution in [2.24, 2.45) is 0 Å². The molecule has 1 aliphatic carbocycles. The van der Waals surface area contributed by atoms with Crippen LogP contribution in [-0.4, -0.2) is 33.0 Å². The van der Waals surface area contributed by atoms with Crippen LogP contribution in [-0.2, 0) is 22.4 Å². The Morgan fingerprint density at radius 3 is 1.95 bits per heavy atom. The first-order valence-electron chi connectivity index (χ1n) is 14.5. The minimum Gasteiger partial charge on any atom is -0.469 e. The van der Waals surface area contributed by atoms with E-state index < -0.39 is 5.92 Å². The predicted octanol–water partition coefficient (Wildman–Crippen LogP) is 7.99. The Hall–Kier alpha value is -3.93. The van der Waals surface area contributed by atoms with Gasteiger partial charge in [-0.25, -0.2) is 9.97 Å². The largest absolute Gasteiger partial charge is 0.469 e. The van der Waals surface area contributed by atoms with Crippen LogP contribution < -0.4 is 0 Å². The Balaban J connectivity index is 1.84. The summed E-state index contributed by atoms with van der Waals surface area (Å²) < 4.78 is 5.30. The minimum atomic E-state index is -0.410. The number of carbonyl (C=O) groups is 1. The molecule has 0 radical (unpaired) electrons. The van der Waals surface area contributed by atoms with Crippen LogP contribution >= 0.6 is 0 Å². The molecule has 8 bridgehead atoms. The Morgan fingerprint density at radius 2 is 1.35 bits per heavy atom. The number of carbonyl (C=O) groups excluding carboxylic acids is 1. The number of esters is 1. The van der Waals surface area contributed by atoms with Gasteiger partial charge in [0.15, 0.2) is 0 Å². The van der Waals surface area contributed by atoms with Crippen molar-refractivity contribution in [3.8, 4) is 0 Å². The monoisotopic (exact) mass is 534 g/mol. The molecule has 0 amide bonds. The van der Waals surface area contributed by atoms with Crippen molar-refractivity contribution < 1.29 is 9.53 Å². The molecule has 6 nitrogen and oxygen atoms in total. The van der Waals surface area contributed by atoms with E-state index in [1.807, 2.05) is 0 Å². The number of ether oxygens (including phenoxy) is 1. The fraction of sp³-hybridized carbons (Fsp3) is 0.382. The third-order valence-corrected chi connectivity index (χ3v) is 9.28. The summed E-state index contributed by atoms with van der Waals surface area (Å²) in [6, 6.07) is 6.61. The summed E-state index contributed by atoms with van der Waals surface area (Å²) in [6.45, 7) is 15.2. The summed E-state index contributed by atoms with van der Waals surface area (Å²) in [7, 11) is 1.47. The lowest BCUT2D eigenvalue weighted by atomic mass is 9.95. The lowest BCUT2D eigenvalue weighted by Crippen LogP contribution is -2.13. The van der Waals surface area contributed by atoms with Gasteiger partial charge in [0.1, 0.15) is 0 Å². The molecule has 2 N–H and O–H groups in total. The van der Waals surface area contributed by atoms with Crippen molar-refractivity contribution in [3.05, 3.63) is 68.8 Å². The molecule has 3 aromatic rings. The van der Waals surface area contributed by atoms with Gasteiger partial charge >= 0.3 is 5.97 Å². The second kappa shape index (κ2) is 9.61. The summed E-state index contributed by atoms with van der Waals surface area (Å²) in [4.78, 5) is 31.0. The van der Waals surface area contributed by atoms with Gasteiger partial charge in [0, 0.05) is 27.6 Å². The molecule has 0 fully saturated rings. The van der Waals surface area contributed by atoms with Crippen LogP contribution in [0.3, 0.4) is 0 Å². The lowest BCUT2D eigenvalue weighted by Gasteiger charge is -2.11. The van der Waals surface area contributed by atoms with Crippen LogP contribution in [0.1, 0.15) is 104 Å². The maximum Gasteiger partial charge on any atom is 0.313 e. The summed E-state index contributed by atoms with van der Waals surface area (Å²) in [5.74, 6) is -0.640. The molecule has 6 heteroatoms. The molecule has 5 heterocycles. The molecule has 206 valence electrons. The van der Waals surface area contributed by atoms with Gasteiger partial charge in [0.25, 0.3) is 0 Å². The number of hydrogen-bond acceptors (Lipinski definition) is 4. The molecule has 1 unspecified atom stereocenters. The number of rotatable bonds is 4. The first kappa shape index (κ1) is 26.3. The van der Waals surface area contributed by atoms with Gasteiger partial charge < -0.3 is 14.7 Å². The number of nitrogens with zero attached hydrogens (tertiary/aromatic N) is 2. The third-order valence-electron chi connectivity index (χ3n) is 9.28. The number of hydrogen-bond donors (Lipinski definition) is 2. The van der Waals surface area contributed by atoms with Gasteiger partial charge in [-0.05, 0) is 116 Å². The van der Waals surface area contributed by atoms with E-state index in [2.05, 4.69) is 76.6 Å². The zero-order chi connectivity index (χ0) is 28.5. The second-order valence-corrected chi connectivity index (χ2v) is 11.2. The topological polar surface area (TPSA) is 83.7 Å². The van der Waals surface area contributed by atoms with E-state index in [0.29, 0.717) is 6.42 Å². The quantitative estimate of drug-likeness (QED) is 0.332. The number of H-pyrrole nitrogens is 2. The van der Waals surface area contributed by atoms with Gasteiger partial charge in [-0.2, -0.15) is 0 Å². The Kier molecular flexibility index (Phi) is 6.32. The van der Waals surface area contributed by atoms with Crippen molar-refractivity contribution in [2.45, 2.75) is 80.1 Å². The first-order chi connectivity index (χ1) is 19.2. The van der Waals surface area contributed by atoms with Gasteiger partial charge in [0.05, 0.1) is 35.8 Å². The third kappa shape index (κ3) is 3.72. The van der Waals surface area contributed by atoms with E-state index in [1.54, 1.807) is 0 Å². The summed E-state index contributed by atoms with van der Waals surface area (Å²) >= 11 is 0. The highest BCUT2D eigenvalue weighted by Crippen LogP contribution is 2.50. The average molecular weight is 535 g/mol. The highest BCUT2D eigenvalue weighted by molar-refractivity contribution is 6.02. The molecule has 3 aliphatic rings. The van der Waals surface area contributed by atoms with Crippen LogP contribution in [0.5, 0.6) is 0 Å². The van der Waals surface area contributed by atoms with Crippen LogP contribution in [0.4, 0.5) is 0 Å². The molecule has 1 atom stereocenters. The van der Waals surface area contributed by atoms with E-state index in [9.17, 15) is 4.79 Å². The fourth-order valence-electron chi connectivity index (χ4n) is 6.93. The zero-order valence-electron chi connectivity index (χ0n) is 24.8. The number of aromatic nitrogens is 4. The van der Waals surface area contributed by atoms with Gasteiger partial charge in [0.2, 0.25) is 0 Å². The number of aryl methyl sites for hydroxylation is 4. The van der Waals surface area contributed by atoms with Gasteiger partial charge in [-0.3, -0.25) is 4.79 Å². The Morgan fingerprint density at radius 1 is 0.800 bits per heavy atom. The van der Waals surface area contributed by atoms with Crippen molar-refractivity contribution >= 4 is 50.3 Å². The minimum absolute atomic E-state index is 0.230. The average Bonchev–Trinajstić information content (AvgIpc) is 3.69. The van der Waals surface area contributed by atoms with Crippen LogP contribution in [0.15, 0.2) is 18.2 Å². The van der Waals surface area contributed by atoms with Crippen molar-refractivity contribution in [2.75, 3.05) is 7.11 Å². The highest BCUT2D eigenvalue weighted by Gasteiger charge is 2.40. The molecule has 6 rings (SSSR count). The standard InChI is InChI=1S/C34H38N4O2/c1-9-20-16(4)25-13-27-18(6)22(11-3)32(37-27)31-24(34(39)40-8)12-23-19(7)28(38-33(23)31)15-30-21(10-2)17(5)26(36-30)14-29(20)35-25/h13-15,24,35-36H,9-12H2,1-8H3. The SMILES string of the molecule is CCC1=C(C)c2cc3[nH]c(cc4[nH]c(cc5nc6c(c1n2)C(C(=O)OC)CC6=C5C)c(CC)c4C)c(CC)c3C. The van der Waals surface area contributed by atoms with E-state index in [0.717, 1.165) is 86.4 Å². The van der Waals surface area contributed by atoms with Gasteiger partial charge in [-0.1, -0.05) is 20.8 Å². The van der Waals surface area contributed by atoms with Crippen LogP contribution in [0.25, 0.3) is 44.4 Å². The van der Waals surface area contributed by atoms with E-state index in [-0.39, 0.29) is 5.97 Å². The molecule has 0 aromatic carbocycles. The molecule has 0 saturated carbocycles. The first-order valence-corrected chi connectivity index (χ1v) is 14.5. The maximum atomic E-state index is 13.1. The second-order valence-electron chi connectivity index (χ2n) is 11.2. The maximum absolute atomic E-state index is 13.1. The summed E-state index contributed by atoms with van der Waals surface area (Å²) in [5, 5.41) is 0. The van der Waals surface area contributed by atoms with E-state index in [1.165, 1.54) is 34.9 Å². The van der Waals surface area contributed by atoms with Crippen molar-refractivity contribution in [1.29, 1.82) is 0 Å². The highest BCUT2D eigenvalue weighted by atomic mass is 16.5. The normalized spacial score (nSPS) is 16.4. The Bertz CT molecular complexity index is 1830. The van der Waals surface area contributed by atoms with E-state index in [4.69, 9.17) is 14.7 Å². The molecule has 3 aromatic heterocycles. The smallest absolute Gasteiger partial charge is 0.313 e. The number of fused-ring (bicyclic) bond motifs is 8. The zero-order valence-corrected chi connectivity index (χ0v) is 24.8. The number of aromatic amines is 2. The fourth-order valence-corrected chi connectivity index (χ4v) is 6.93. The lowest BCUT2D eigenvalue weighted by molar-refractivity contribution is -0.142. The number of methoxy groups -OCH3 is 1.